The van der Waals surface area contributed by atoms with E-state index in [-0.39, 0.29) is 18.5 Å². The lowest BCUT2D eigenvalue weighted by molar-refractivity contribution is -0.123. The maximum atomic E-state index is 12.0. The van der Waals surface area contributed by atoms with E-state index in [0.717, 1.165) is 19.3 Å². The van der Waals surface area contributed by atoms with Crippen LogP contribution in [0.4, 0.5) is 4.79 Å². The number of carbonyl (C=O) groups is 2. The van der Waals surface area contributed by atoms with Gasteiger partial charge in [-0.2, -0.15) is 0 Å². The first-order valence-electron chi connectivity index (χ1n) is 7.58. The summed E-state index contributed by atoms with van der Waals surface area (Å²) in [6, 6.07) is 8.44. The van der Waals surface area contributed by atoms with Gasteiger partial charge in [0.1, 0.15) is 6.54 Å². The molecule has 2 N–H and O–H groups in total. The Kier molecular flexibility index (Phi) is 4.08. The summed E-state index contributed by atoms with van der Waals surface area (Å²) in [6.07, 6.45) is 3.21. The van der Waals surface area contributed by atoms with Crippen LogP contribution >= 0.6 is 0 Å². The Morgan fingerprint density at radius 2 is 2.00 bits per heavy atom. The predicted molar refractivity (Wildman–Crippen MR) is 79.9 cm³/mol. The van der Waals surface area contributed by atoms with Crippen molar-refractivity contribution in [2.75, 3.05) is 26.2 Å². The van der Waals surface area contributed by atoms with E-state index < -0.39 is 0 Å². The van der Waals surface area contributed by atoms with E-state index in [1.54, 1.807) is 4.90 Å². The maximum absolute atomic E-state index is 12.0. The molecule has 1 aliphatic heterocycles. The molecule has 3 rings (SSSR count). The third-order valence-electron chi connectivity index (χ3n) is 4.29. The van der Waals surface area contributed by atoms with E-state index in [1.165, 1.54) is 11.1 Å². The first-order valence-corrected chi connectivity index (χ1v) is 7.58. The van der Waals surface area contributed by atoms with E-state index in [2.05, 4.69) is 34.9 Å². The zero-order valence-corrected chi connectivity index (χ0v) is 12.1. The largest absolute Gasteiger partial charge is 0.353 e. The van der Waals surface area contributed by atoms with Crippen LogP contribution in [0.15, 0.2) is 24.3 Å². The van der Waals surface area contributed by atoms with Gasteiger partial charge in [0.05, 0.1) is 0 Å². The molecule has 112 valence electrons. The van der Waals surface area contributed by atoms with Crippen LogP contribution in [0.2, 0.25) is 0 Å². The quantitative estimate of drug-likeness (QED) is 0.869. The van der Waals surface area contributed by atoms with Crippen LogP contribution in [0.1, 0.15) is 17.5 Å². The van der Waals surface area contributed by atoms with Gasteiger partial charge in [0.2, 0.25) is 5.91 Å². The van der Waals surface area contributed by atoms with Crippen molar-refractivity contribution in [2.24, 2.45) is 5.92 Å². The Morgan fingerprint density at radius 3 is 2.67 bits per heavy atom. The van der Waals surface area contributed by atoms with Gasteiger partial charge in [-0.3, -0.25) is 4.79 Å². The molecule has 1 saturated heterocycles. The highest BCUT2D eigenvalue weighted by atomic mass is 16.2. The average Bonchev–Trinajstić information content (AvgIpc) is 2.89. The molecule has 0 unspecified atom stereocenters. The van der Waals surface area contributed by atoms with E-state index in [9.17, 15) is 9.59 Å². The molecule has 0 aromatic heterocycles. The monoisotopic (exact) mass is 287 g/mol. The summed E-state index contributed by atoms with van der Waals surface area (Å²) >= 11 is 0. The van der Waals surface area contributed by atoms with Crippen LogP contribution in [0.25, 0.3) is 0 Å². The number of rotatable bonds is 3. The zero-order chi connectivity index (χ0) is 14.7. The van der Waals surface area contributed by atoms with Crippen molar-refractivity contribution < 1.29 is 9.59 Å². The zero-order valence-electron chi connectivity index (χ0n) is 12.1. The highest BCUT2D eigenvalue weighted by Gasteiger charge is 2.23. The second kappa shape index (κ2) is 6.16. The lowest BCUT2D eigenvalue weighted by Gasteiger charge is -2.27. The molecule has 5 heteroatoms. The highest BCUT2D eigenvalue weighted by Crippen LogP contribution is 2.28. The molecule has 0 bridgehead atoms. The minimum atomic E-state index is -0.125. The van der Waals surface area contributed by atoms with Crippen LogP contribution in [0, 0.1) is 5.92 Å². The molecule has 3 amide bonds. The van der Waals surface area contributed by atoms with Gasteiger partial charge < -0.3 is 15.5 Å². The normalized spacial score (nSPS) is 18.3. The highest BCUT2D eigenvalue weighted by molar-refractivity contribution is 5.85. The molecule has 21 heavy (non-hydrogen) atoms. The summed E-state index contributed by atoms with van der Waals surface area (Å²) in [5.74, 6) is 0.537. The summed E-state index contributed by atoms with van der Waals surface area (Å²) in [5, 5.41) is 5.65. The fourth-order valence-electron chi connectivity index (χ4n) is 3.16. The van der Waals surface area contributed by atoms with Crippen LogP contribution in [0.3, 0.4) is 0 Å². The Labute approximate surface area is 124 Å². The van der Waals surface area contributed by atoms with Gasteiger partial charge in [0.15, 0.2) is 0 Å². The van der Waals surface area contributed by atoms with Crippen LogP contribution < -0.4 is 10.6 Å². The van der Waals surface area contributed by atoms with Gasteiger partial charge in [-0.15, -0.1) is 0 Å². The Hall–Kier alpha value is -2.04. The standard InChI is InChI=1S/C16H21N3O2/c20-15-11-19(8-7-17-15)16(21)18-6-5-12-9-13-3-1-2-4-14(13)10-12/h1-4,12H,5-11H2,(H,17,20)(H,18,21). The molecule has 0 saturated carbocycles. The van der Waals surface area contributed by atoms with Gasteiger partial charge in [0, 0.05) is 19.6 Å². The van der Waals surface area contributed by atoms with Crippen molar-refractivity contribution in [1.29, 1.82) is 0 Å². The SMILES string of the molecule is O=C1CN(C(=O)NCCC2Cc3ccccc3C2)CCN1. The number of piperazine rings is 1. The van der Waals surface area contributed by atoms with Crippen molar-refractivity contribution in [3.8, 4) is 0 Å². The fourth-order valence-corrected chi connectivity index (χ4v) is 3.16. The molecule has 0 atom stereocenters. The molecule has 2 aliphatic rings. The number of nitrogens with one attached hydrogen (secondary N) is 2. The Morgan fingerprint density at radius 1 is 1.29 bits per heavy atom. The molecule has 5 nitrogen and oxygen atoms in total. The summed E-state index contributed by atoms with van der Waals surface area (Å²) in [7, 11) is 0. The number of carbonyl (C=O) groups excluding carboxylic acids is 2. The second-order valence-electron chi connectivity index (χ2n) is 5.84. The minimum absolute atomic E-state index is 0.0809. The van der Waals surface area contributed by atoms with Gasteiger partial charge in [0.25, 0.3) is 0 Å². The van der Waals surface area contributed by atoms with Gasteiger partial charge in [-0.1, -0.05) is 24.3 Å². The first-order chi connectivity index (χ1) is 10.2. The van der Waals surface area contributed by atoms with E-state index >= 15 is 0 Å². The Bertz CT molecular complexity index is 519. The average molecular weight is 287 g/mol. The topological polar surface area (TPSA) is 61.4 Å². The van der Waals surface area contributed by atoms with Crippen molar-refractivity contribution >= 4 is 11.9 Å². The van der Waals surface area contributed by atoms with Crippen molar-refractivity contribution in [3.05, 3.63) is 35.4 Å². The number of nitrogens with zero attached hydrogens (tertiary/aromatic N) is 1. The van der Waals surface area contributed by atoms with Crippen molar-refractivity contribution in [2.45, 2.75) is 19.3 Å². The molecule has 1 aliphatic carbocycles. The lowest BCUT2D eigenvalue weighted by Crippen LogP contribution is -2.53. The van der Waals surface area contributed by atoms with E-state index in [0.29, 0.717) is 25.6 Å². The van der Waals surface area contributed by atoms with Gasteiger partial charge >= 0.3 is 6.03 Å². The lowest BCUT2D eigenvalue weighted by atomic mass is 10.0. The number of hydrogen-bond acceptors (Lipinski definition) is 2. The molecule has 1 aromatic carbocycles. The fraction of sp³-hybridized carbons (Fsp3) is 0.500. The van der Waals surface area contributed by atoms with Crippen molar-refractivity contribution in [3.63, 3.8) is 0 Å². The number of urea groups is 1. The molecule has 1 aromatic rings. The summed E-state index contributed by atoms with van der Waals surface area (Å²) in [6.45, 7) is 1.98. The molecular formula is C16H21N3O2. The van der Waals surface area contributed by atoms with Gasteiger partial charge in [-0.05, 0) is 36.3 Å². The molecule has 0 spiro atoms. The molecule has 0 radical (unpaired) electrons. The van der Waals surface area contributed by atoms with Crippen LogP contribution in [-0.4, -0.2) is 43.0 Å². The third kappa shape index (κ3) is 3.35. The minimum Gasteiger partial charge on any atom is -0.353 e. The third-order valence-corrected chi connectivity index (χ3v) is 4.29. The van der Waals surface area contributed by atoms with Crippen molar-refractivity contribution in [1.82, 2.24) is 15.5 Å². The summed E-state index contributed by atoms with van der Waals surface area (Å²) in [5.41, 5.74) is 2.89. The number of amides is 3. The Balaban J connectivity index is 1.41. The summed E-state index contributed by atoms with van der Waals surface area (Å²) in [4.78, 5) is 24.8. The molecular weight excluding hydrogens is 266 g/mol. The second-order valence-corrected chi connectivity index (χ2v) is 5.84. The first kappa shape index (κ1) is 13.9. The molecule has 1 heterocycles. The van der Waals surface area contributed by atoms with E-state index in [1.807, 2.05) is 0 Å². The van der Waals surface area contributed by atoms with Crippen LogP contribution in [0.5, 0.6) is 0 Å². The maximum Gasteiger partial charge on any atom is 0.317 e. The number of fused-ring (bicyclic) bond motifs is 1. The smallest absolute Gasteiger partial charge is 0.317 e. The van der Waals surface area contributed by atoms with Gasteiger partial charge in [-0.25, -0.2) is 4.79 Å². The summed E-state index contributed by atoms with van der Waals surface area (Å²) < 4.78 is 0. The number of benzene rings is 1. The predicted octanol–water partition coefficient (Wildman–Crippen LogP) is 0.933. The molecule has 1 fully saturated rings. The van der Waals surface area contributed by atoms with E-state index in [4.69, 9.17) is 0 Å². The number of hydrogen-bond donors (Lipinski definition) is 2. The van der Waals surface area contributed by atoms with Crippen LogP contribution in [-0.2, 0) is 17.6 Å².